The second-order valence-electron chi connectivity index (χ2n) is 9.13. The molecule has 0 aliphatic rings. The zero-order chi connectivity index (χ0) is 27.7. The quantitative estimate of drug-likeness (QED) is 0.177. The van der Waals surface area contributed by atoms with Gasteiger partial charge in [0.2, 0.25) is 0 Å². The van der Waals surface area contributed by atoms with Crippen molar-refractivity contribution >= 4 is 57.6 Å². The van der Waals surface area contributed by atoms with Gasteiger partial charge in [-0.25, -0.2) is 0 Å². The average molecular weight is 582 g/mol. The summed E-state index contributed by atoms with van der Waals surface area (Å²) in [5, 5.41) is 19.0. The van der Waals surface area contributed by atoms with Crippen molar-refractivity contribution in [2.45, 2.75) is 19.4 Å². The van der Waals surface area contributed by atoms with E-state index in [9.17, 15) is 9.59 Å². The topological polar surface area (TPSA) is 100 Å². The Morgan fingerprint density at radius 3 is 2.36 bits per heavy atom. The molecule has 1 amide bonds. The lowest BCUT2D eigenvalue weighted by molar-refractivity contribution is -0.136. The van der Waals surface area contributed by atoms with Crippen molar-refractivity contribution in [2.75, 3.05) is 6.54 Å². The van der Waals surface area contributed by atoms with Crippen LogP contribution in [0, 0.1) is 0 Å². The Kier molecular flexibility index (Phi) is 7.66. The number of carboxylic acid groups (broad SMARTS) is 1. The van der Waals surface area contributed by atoms with Gasteiger partial charge in [0.05, 0.1) is 29.5 Å². The average Bonchev–Trinajstić information content (AvgIpc) is 3.52. The highest BCUT2D eigenvalue weighted by Gasteiger charge is 2.20. The van der Waals surface area contributed by atoms with Crippen molar-refractivity contribution in [3.05, 3.63) is 99.0 Å². The molecule has 0 aliphatic carbocycles. The molecule has 0 saturated carbocycles. The summed E-state index contributed by atoms with van der Waals surface area (Å²) < 4.78 is 1.92. The first-order valence-corrected chi connectivity index (χ1v) is 13.3. The molecule has 1 atom stereocenters. The van der Waals surface area contributed by atoms with Crippen LogP contribution in [0.5, 0.6) is 0 Å². The maximum absolute atomic E-state index is 12.4. The van der Waals surface area contributed by atoms with Crippen LogP contribution in [0.3, 0.4) is 0 Å². The number of rotatable bonds is 8. The summed E-state index contributed by atoms with van der Waals surface area (Å²) in [4.78, 5) is 26.5. The molecule has 10 heteroatoms. The molecule has 0 saturated heterocycles. The lowest BCUT2D eigenvalue weighted by Gasteiger charge is -2.16. The van der Waals surface area contributed by atoms with Gasteiger partial charge in [-0.1, -0.05) is 53.0 Å². The molecule has 7 nitrogen and oxygen atoms in total. The number of fused-ring (bicyclic) bond motifs is 1. The molecule has 2 heterocycles. The van der Waals surface area contributed by atoms with Gasteiger partial charge in [-0.3, -0.25) is 14.3 Å². The van der Waals surface area contributed by atoms with Gasteiger partial charge in [-0.15, -0.1) is 0 Å². The smallest absolute Gasteiger partial charge is 0.305 e. The van der Waals surface area contributed by atoms with Gasteiger partial charge in [0.1, 0.15) is 0 Å². The molecular weight excluding hydrogens is 559 g/mol. The summed E-state index contributed by atoms with van der Waals surface area (Å²) in [7, 11) is 0. The highest BCUT2D eigenvalue weighted by atomic mass is 35.5. The molecule has 5 rings (SSSR count). The third-order valence-electron chi connectivity index (χ3n) is 6.40. The number of hydrogen-bond donors (Lipinski definition) is 3. The molecule has 0 spiro atoms. The van der Waals surface area contributed by atoms with Crippen LogP contribution in [-0.4, -0.2) is 38.3 Å². The minimum absolute atomic E-state index is 0.0645. The molecule has 0 bridgehead atoms. The summed E-state index contributed by atoms with van der Waals surface area (Å²) in [6.07, 6.45) is -0.136. The fourth-order valence-electron chi connectivity index (χ4n) is 4.41. The number of benzene rings is 3. The van der Waals surface area contributed by atoms with Crippen LogP contribution in [0.4, 0.5) is 0 Å². The minimum Gasteiger partial charge on any atom is -0.481 e. The van der Waals surface area contributed by atoms with Crippen molar-refractivity contribution in [1.82, 2.24) is 20.1 Å². The molecule has 3 N–H and O–H groups in total. The normalized spacial score (nSPS) is 12.0. The Morgan fingerprint density at radius 1 is 0.949 bits per heavy atom. The van der Waals surface area contributed by atoms with E-state index in [1.165, 1.54) is 0 Å². The summed E-state index contributed by atoms with van der Waals surface area (Å²) in [6, 6.07) is 22.0. The highest BCUT2D eigenvalue weighted by molar-refractivity contribution is 6.35. The van der Waals surface area contributed by atoms with E-state index >= 15 is 0 Å². The first-order valence-electron chi connectivity index (χ1n) is 12.1. The van der Waals surface area contributed by atoms with Crippen LogP contribution in [-0.2, 0) is 4.79 Å². The standard InChI is InChI=1S/C29H23Cl3N4O3/c1-16(17-2-4-18(5-3-17)29(39)33-9-8-28(37)38)36-27(26-12-19-6-7-21(30)14-24(19)34-26)15-25(35-36)20-10-22(31)13-23(32)11-20/h2-7,10-16,34H,8-9H2,1H3,(H,33,39)(H,37,38). The molecule has 3 aromatic carbocycles. The lowest BCUT2D eigenvalue weighted by Crippen LogP contribution is -2.26. The summed E-state index contributed by atoms with van der Waals surface area (Å²) in [6.45, 7) is 2.08. The number of aromatic nitrogens is 3. The van der Waals surface area contributed by atoms with E-state index in [1.807, 2.05) is 66.2 Å². The molecule has 0 aliphatic heterocycles. The molecule has 2 aromatic heterocycles. The van der Waals surface area contributed by atoms with Gasteiger partial charge in [0, 0.05) is 43.6 Å². The third kappa shape index (κ3) is 5.96. The Labute approximate surface area is 239 Å². The number of halogens is 3. The Bertz CT molecular complexity index is 1670. The van der Waals surface area contributed by atoms with Gasteiger partial charge in [-0.2, -0.15) is 5.10 Å². The van der Waals surface area contributed by atoms with Crippen LogP contribution >= 0.6 is 34.8 Å². The van der Waals surface area contributed by atoms with E-state index in [1.54, 1.807) is 18.2 Å². The maximum Gasteiger partial charge on any atom is 0.305 e. The van der Waals surface area contributed by atoms with E-state index in [-0.39, 0.29) is 24.9 Å². The SMILES string of the molecule is CC(c1ccc(C(=O)NCCC(=O)O)cc1)n1nc(-c2cc(Cl)cc(Cl)c2)cc1-c1cc2ccc(Cl)cc2[nH]1. The fraction of sp³-hybridized carbons (Fsp3) is 0.138. The van der Waals surface area contributed by atoms with Gasteiger partial charge < -0.3 is 15.4 Å². The number of aliphatic carboxylic acids is 1. The summed E-state index contributed by atoms with van der Waals surface area (Å²) >= 11 is 18.8. The number of aromatic amines is 1. The zero-order valence-corrected chi connectivity index (χ0v) is 23.0. The minimum atomic E-state index is -0.966. The first kappa shape index (κ1) is 26.8. The van der Waals surface area contributed by atoms with Gasteiger partial charge in [0.15, 0.2) is 0 Å². The third-order valence-corrected chi connectivity index (χ3v) is 7.07. The van der Waals surface area contributed by atoms with E-state index in [4.69, 9.17) is 45.0 Å². The van der Waals surface area contributed by atoms with E-state index in [0.717, 1.165) is 33.4 Å². The zero-order valence-electron chi connectivity index (χ0n) is 20.7. The van der Waals surface area contributed by atoms with Crippen LogP contribution in [0.15, 0.2) is 72.8 Å². The van der Waals surface area contributed by atoms with Crippen LogP contribution in [0.25, 0.3) is 33.5 Å². The van der Waals surface area contributed by atoms with Crippen LogP contribution in [0.1, 0.15) is 35.3 Å². The maximum atomic E-state index is 12.4. The number of carboxylic acids is 1. The molecule has 0 fully saturated rings. The monoisotopic (exact) mass is 580 g/mol. The van der Waals surface area contributed by atoms with Crippen LogP contribution in [0.2, 0.25) is 15.1 Å². The number of nitrogens with zero attached hydrogens (tertiary/aromatic N) is 2. The lowest BCUT2D eigenvalue weighted by atomic mass is 10.1. The molecule has 1 unspecified atom stereocenters. The Morgan fingerprint density at radius 2 is 1.67 bits per heavy atom. The van der Waals surface area contributed by atoms with E-state index in [2.05, 4.69) is 10.3 Å². The highest BCUT2D eigenvalue weighted by Crippen LogP contribution is 2.34. The molecule has 5 aromatic rings. The molecule has 39 heavy (non-hydrogen) atoms. The van der Waals surface area contributed by atoms with E-state index < -0.39 is 5.97 Å². The molecular formula is C29H23Cl3N4O3. The molecule has 198 valence electrons. The Balaban J connectivity index is 1.52. The van der Waals surface area contributed by atoms with Crippen molar-refractivity contribution in [1.29, 1.82) is 0 Å². The second kappa shape index (κ2) is 11.1. The Hall–Kier alpha value is -3.78. The number of amides is 1. The summed E-state index contributed by atoms with van der Waals surface area (Å²) in [5.74, 6) is -1.29. The van der Waals surface area contributed by atoms with Gasteiger partial charge >= 0.3 is 5.97 Å². The number of carbonyl (C=O) groups excluding carboxylic acids is 1. The van der Waals surface area contributed by atoms with Gasteiger partial charge in [-0.05, 0) is 67.1 Å². The predicted octanol–water partition coefficient (Wildman–Crippen LogP) is 7.47. The van der Waals surface area contributed by atoms with Crippen molar-refractivity contribution < 1.29 is 14.7 Å². The summed E-state index contributed by atoms with van der Waals surface area (Å²) in [5.41, 5.74) is 5.47. The molecule has 0 radical (unpaired) electrons. The predicted molar refractivity (Wildman–Crippen MR) is 155 cm³/mol. The first-order chi connectivity index (χ1) is 18.7. The van der Waals surface area contributed by atoms with E-state index in [0.29, 0.717) is 26.3 Å². The van der Waals surface area contributed by atoms with Crippen molar-refractivity contribution in [3.63, 3.8) is 0 Å². The number of nitrogens with one attached hydrogen (secondary N) is 2. The van der Waals surface area contributed by atoms with Crippen molar-refractivity contribution in [2.24, 2.45) is 0 Å². The number of hydrogen-bond acceptors (Lipinski definition) is 3. The second-order valence-corrected chi connectivity index (χ2v) is 10.4. The van der Waals surface area contributed by atoms with Gasteiger partial charge in [0.25, 0.3) is 5.91 Å². The van der Waals surface area contributed by atoms with Crippen molar-refractivity contribution in [3.8, 4) is 22.6 Å². The largest absolute Gasteiger partial charge is 0.481 e. The number of carbonyl (C=O) groups is 2. The fourth-order valence-corrected chi connectivity index (χ4v) is 5.11. The van der Waals surface area contributed by atoms with Crippen LogP contribution < -0.4 is 5.32 Å². The number of H-pyrrole nitrogens is 1.